The quantitative estimate of drug-likeness (QED) is 0.478. The maximum Gasteiger partial charge on any atom is 0.307 e. The topological polar surface area (TPSA) is 41.6 Å². The molecule has 0 rings (SSSR count). The van der Waals surface area contributed by atoms with E-state index in [2.05, 4.69) is 24.3 Å². The van der Waals surface area contributed by atoms with E-state index in [9.17, 15) is 4.79 Å². The highest BCUT2D eigenvalue weighted by Crippen LogP contribution is 1.97. The Kier molecular flexibility index (Phi) is 9.24. The van der Waals surface area contributed by atoms with Gasteiger partial charge in [-0.3, -0.25) is 4.79 Å². The lowest BCUT2D eigenvalue weighted by Crippen LogP contribution is -2.24. The SMILES string of the molecule is CCC(C)OC(=O)CCNCCCN(C)C. The van der Waals surface area contributed by atoms with Crippen LogP contribution in [0.1, 0.15) is 33.1 Å². The molecule has 0 aliphatic heterocycles. The molecule has 0 saturated heterocycles. The molecule has 0 aliphatic rings. The first kappa shape index (κ1) is 15.4. The molecule has 1 unspecified atom stereocenters. The second kappa shape index (κ2) is 9.60. The molecule has 96 valence electrons. The first-order chi connectivity index (χ1) is 7.56. The van der Waals surface area contributed by atoms with Crippen molar-refractivity contribution in [1.82, 2.24) is 10.2 Å². The molecule has 0 fully saturated rings. The first-order valence-corrected chi connectivity index (χ1v) is 6.11. The number of nitrogens with one attached hydrogen (secondary N) is 1. The zero-order chi connectivity index (χ0) is 12.4. The van der Waals surface area contributed by atoms with Crippen LogP contribution < -0.4 is 5.32 Å². The number of nitrogens with zero attached hydrogens (tertiary/aromatic N) is 1. The monoisotopic (exact) mass is 230 g/mol. The van der Waals surface area contributed by atoms with Crippen molar-refractivity contribution in [2.75, 3.05) is 33.7 Å². The van der Waals surface area contributed by atoms with Crippen molar-refractivity contribution in [2.45, 2.75) is 39.2 Å². The summed E-state index contributed by atoms with van der Waals surface area (Å²) in [6.45, 7) is 6.67. The number of hydrogen-bond acceptors (Lipinski definition) is 4. The number of ether oxygens (including phenoxy) is 1. The van der Waals surface area contributed by atoms with E-state index in [-0.39, 0.29) is 12.1 Å². The Labute approximate surface area is 99.3 Å². The summed E-state index contributed by atoms with van der Waals surface area (Å²) < 4.78 is 5.16. The summed E-state index contributed by atoms with van der Waals surface area (Å²) in [5.41, 5.74) is 0. The van der Waals surface area contributed by atoms with E-state index in [1.54, 1.807) is 0 Å². The minimum absolute atomic E-state index is 0.0428. The van der Waals surface area contributed by atoms with Gasteiger partial charge in [-0.05, 0) is 47.0 Å². The predicted octanol–water partition coefficient (Wildman–Crippen LogP) is 1.26. The molecule has 0 radical (unpaired) electrons. The molecular weight excluding hydrogens is 204 g/mol. The molecular formula is C12H26N2O2. The van der Waals surface area contributed by atoms with Crippen LogP contribution in [-0.2, 0) is 9.53 Å². The third kappa shape index (κ3) is 9.93. The summed E-state index contributed by atoms with van der Waals surface area (Å²) in [5, 5.41) is 3.24. The molecule has 0 aromatic rings. The number of rotatable bonds is 9. The van der Waals surface area contributed by atoms with Crippen molar-refractivity contribution >= 4 is 5.97 Å². The smallest absolute Gasteiger partial charge is 0.307 e. The Morgan fingerprint density at radius 1 is 1.38 bits per heavy atom. The molecule has 1 N–H and O–H groups in total. The van der Waals surface area contributed by atoms with Gasteiger partial charge in [-0.1, -0.05) is 6.92 Å². The number of esters is 1. The highest BCUT2D eigenvalue weighted by atomic mass is 16.5. The van der Waals surface area contributed by atoms with Gasteiger partial charge in [0.25, 0.3) is 0 Å². The predicted molar refractivity (Wildman–Crippen MR) is 66.5 cm³/mol. The molecule has 4 nitrogen and oxygen atoms in total. The highest BCUT2D eigenvalue weighted by molar-refractivity contribution is 5.69. The van der Waals surface area contributed by atoms with Crippen molar-refractivity contribution in [2.24, 2.45) is 0 Å². The van der Waals surface area contributed by atoms with Crippen LogP contribution in [-0.4, -0.2) is 50.7 Å². The first-order valence-electron chi connectivity index (χ1n) is 6.11. The summed E-state index contributed by atoms with van der Waals surface area (Å²) in [5.74, 6) is -0.102. The fraction of sp³-hybridized carbons (Fsp3) is 0.917. The molecule has 0 aliphatic carbocycles. The Morgan fingerprint density at radius 2 is 2.06 bits per heavy atom. The maximum absolute atomic E-state index is 11.3. The van der Waals surface area contributed by atoms with Gasteiger partial charge in [-0.15, -0.1) is 0 Å². The lowest BCUT2D eigenvalue weighted by atomic mass is 10.3. The molecule has 0 saturated carbocycles. The van der Waals surface area contributed by atoms with E-state index in [1.165, 1.54) is 0 Å². The van der Waals surface area contributed by atoms with Gasteiger partial charge in [0.05, 0.1) is 12.5 Å². The third-order valence-electron chi connectivity index (χ3n) is 2.37. The Balaban J connectivity index is 3.28. The fourth-order valence-corrected chi connectivity index (χ4v) is 1.20. The van der Waals surface area contributed by atoms with Crippen LogP contribution in [0.5, 0.6) is 0 Å². The Bertz CT molecular complexity index is 184. The molecule has 1 atom stereocenters. The van der Waals surface area contributed by atoms with Crippen LogP contribution in [0.15, 0.2) is 0 Å². The number of carbonyl (C=O) groups excluding carboxylic acids is 1. The lowest BCUT2D eigenvalue weighted by Gasteiger charge is -2.11. The maximum atomic E-state index is 11.3. The van der Waals surface area contributed by atoms with Crippen LogP contribution in [0, 0.1) is 0 Å². The summed E-state index contributed by atoms with van der Waals surface area (Å²) in [6, 6.07) is 0. The van der Waals surface area contributed by atoms with Gasteiger partial charge in [0.2, 0.25) is 0 Å². The molecule has 0 aromatic heterocycles. The van der Waals surface area contributed by atoms with Crippen LogP contribution >= 0.6 is 0 Å². The van der Waals surface area contributed by atoms with Gasteiger partial charge < -0.3 is 15.0 Å². The Hall–Kier alpha value is -0.610. The van der Waals surface area contributed by atoms with E-state index in [1.807, 2.05) is 13.8 Å². The van der Waals surface area contributed by atoms with Gasteiger partial charge in [0.15, 0.2) is 0 Å². The molecule has 4 heteroatoms. The van der Waals surface area contributed by atoms with Gasteiger partial charge >= 0.3 is 5.97 Å². The summed E-state index contributed by atoms with van der Waals surface area (Å²) in [6.07, 6.45) is 2.49. The summed E-state index contributed by atoms with van der Waals surface area (Å²) in [4.78, 5) is 13.4. The minimum Gasteiger partial charge on any atom is -0.463 e. The van der Waals surface area contributed by atoms with Crippen molar-refractivity contribution < 1.29 is 9.53 Å². The highest BCUT2D eigenvalue weighted by Gasteiger charge is 2.06. The molecule has 0 aromatic carbocycles. The zero-order valence-electron chi connectivity index (χ0n) is 11.1. The third-order valence-corrected chi connectivity index (χ3v) is 2.37. The minimum atomic E-state index is -0.102. The van der Waals surface area contributed by atoms with Gasteiger partial charge in [-0.2, -0.15) is 0 Å². The van der Waals surface area contributed by atoms with Crippen molar-refractivity contribution in [3.8, 4) is 0 Å². The number of carbonyl (C=O) groups is 1. The Morgan fingerprint density at radius 3 is 2.62 bits per heavy atom. The van der Waals surface area contributed by atoms with E-state index in [0.29, 0.717) is 13.0 Å². The van der Waals surface area contributed by atoms with Gasteiger partial charge in [0.1, 0.15) is 0 Å². The van der Waals surface area contributed by atoms with Crippen molar-refractivity contribution in [3.05, 3.63) is 0 Å². The van der Waals surface area contributed by atoms with Gasteiger partial charge in [0, 0.05) is 6.54 Å². The fourth-order valence-electron chi connectivity index (χ4n) is 1.20. The van der Waals surface area contributed by atoms with E-state index < -0.39 is 0 Å². The van der Waals surface area contributed by atoms with Gasteiger partial charge in [-0.25, -0.2) is 0 Å². The van der Waals surface area contributed by atoms with Crippen LogP contribution in [0.3, 0.4) is 0 Å². The second-order valence-electron chi connectivity index (χ2n) is 4.37. The lowest BCUT2D eigenvalue weighted by molar-refractivity contribution is -0.148. The molecule has 0 bridgehead atoms. The molecule has 16 heavy (non-hydrogen) atoms. The largest absolute Gasteiger partial charge is 0.463 e. The van der Waals surface area contributed by atoms with E-state index in [0.717, 1.165) is 25.9 Å². The number of hydrogen-bond donors (Lipinski definition) is 1. The molecule has 0 heterocycles. The standard InChI is InChI=1S/C12H26N2O2/c1-5-11(2)16-12(15)7-9-13-8-6-10-14(3)4/h11,13H,5-10H2,1-4H3. The van der Waals surface area contributed by atoms with Crippen molar-refractivity contribution in [1.29, 1.82) is 0 Å². The summed E-state index contributed by atoms with van der Waals surface area (Å²) in [7, 11) is 4.12. The second-order valence-corrected chi connectivity index (χ2v) is 4.37. The zero-order valence-corrected chi connectivity index (χ0v) is 11.1. The van der Waals surface area contributed by atoms with Crippen LogP contribution in [0.4, 0.5) is 0 Å². The van der Waals surface area contributed by atoms with E-state index in [4.69, 9.17) is 4.74 Å². The average molecular weight is 230 g/mol. The summed E-state index contributed by atoms with van der Waals surface area (Å²) >= 11 is 0. The van der Waals surface area contributed by atoms with Crippen LogP contribution in [0.2, 0.25) is 0 Å². The molecule has 0 amide bonds. The van der Waals surface area contributed by atoms with Crippen molar-refractivity contribution in [3.63, 3.8) is 0 Å². The average Bonchev–Trinajstić information content (AvgIpc) is 2.22. The van der Waals surface area contributed by atoms with Crippen LogP contribution in [0.25, 0.3) is 0 Å². The van der Waals surface area contributed by atoms with E-state index >= 15 is 0 Å². The molecule has 0 spiro atoms. The normalized spacial score (nSPS) is 12.8.